The molecule has 0 fully saturated rings. The summed E-state index contributed by atoms with van der Waals surface area (Å²) in [5.41, 5.74) is 0.374. The molecule has 0 bridgehead atoms. The van der Waals surface area contributed by atoms with Crippen molar-refractivity contribution in [2.45, 2.75) is 12.0 Å². The number of nitrogens with one attached hydrogen (secondary N) is 2. The quantitative estimate of drug-likeness (QED) is 0.752. The minimum atomic E-state index is -4.02. The second-order valence-corrected chi connectivity index (χ2v) is 6.61. The van der Waals surface area contributed by atoms with Crippen molar-refractivity contribution >= 4 is 15.7 Å². The molecule has 0 saturated heterocycles. The third kappa shape index (κ3) is 3.20. The molecule has 24 heavy (non-hydrogen) atoms. The number of anilines is 1. The molecular formula is C15H12FN3O4S. The van der Waals surface area contributed by atoms with Crippen molar-refractivity contribution in [3.05, 3.63) is 64.2 Å². The van der Waals surface area contributed by atoms with Gasteiger partial charge in [-0.25, -0.2) is 9.49 Å². The fourth-order valence-electron chi connectivity index (χ4n) is 1.95. The number of furan rings is 1. The van der Waals surface area contributed by atoms with E-state index in [4.69, 9.17) is 4.42 Å². The summed E-state index contributed by atoms with van der Waals surface area (Å²) in [5, 5.41) is 5.62. The van der Waals surface area contributed by atoms with E-state index in [2.05, 4.69) is 14.9 Å². The maximum atomic E-state index is 13.5. The Morgan fingerprint density at radius 2 is 1.96 bits per heavy atom. The van der Waals surface area contributed by atoms with Crippen LogP contribution in [0.15, 0.2) is 56.8 Å². The number of aryl methyl sites for hydroxylation is 1. The van der Waals surface area contributed by atoms with Crippen molar-refractivity contribution in [1.29, 1.82) is 0 Å². The van der Waals surface area contributed by atoms with Crippen LogP contribution in [-0.4, -0.2) is 18.6 Å². The van der Waals surface area contributed by atoms with Crippen molar-refractivity contribution in [2.75, 3.05) is 4.72 Å². The SMILES string of the molecule is Cc1ccc(NS(=O)(=O)c2ccc(-c3ccc(=O)[nH]n3)o2)cc1F. The molecule has 1 aromatic carbocycles. The molecule has 0 aliphatic rings. The largest absolute Gasteiger partial charge is 0.441 e. The Bertz CT molecular complexity index is 1040. The Balaban J connectivity index is 1.89. The average molecular weight is 349 g/mol. The Labute approximate surface area is 136 Å². The summed E-state index contributed by atoms with van der Waals surface area (Å²) in [4.78, 5) is 11.0. The van der Waals surface area contributed by atoms with Crippen LogP contribution < -0.4 is 10.3 Å². The predicted octanol–water partition coefficient (Wildman–Crippen LogP) is 2.28. The molecule has 0 radical (unpaired) electrons. The number of benzene rings is 1. The zero-order chi connectivity index (χ0) is 17.3. The number of halogens is 1. The second kappa shape index (κ2) is 5.93. The number of H-pyrrole nitrogens is 1. The molecule has 0 amide bonds. The van der Waals surface area contributed by atoms with Gasteiger partial charge in [0.2, 0.25) is 5.09 Å². The van der Waals surface area contributed by atoms with Gasteiger partial charge in [0.1, 0.15) is 11.5 Å². The van der Waals surface area contributed by atoms with Crippen LogP contribution in [0.3, 0.4) is 0 Å². The average Bonchev–Trinajstić information content (AvgIpc) is 3.02. The van der Waals surface area contributed by atoms with Gasteiger partial charge in [-0.15, -0.1) is 0 Å². The smallest absolute Gasteiger partial charge is 0.295 e. The van der Waals surface area contributed by atoms with Crippen molar-refractivity contribution in [3.8, 4) is 11.5 Å². The van der Waals surface area contributed by atoms with Crippen LogP contribution >= 0.6 is 0 Å². The van der Waals surface area contributed by atoms with Gasteiger partial charge in [0, 0.05) is 6.07 Å². The van der Waals surface area contributed by atoms with Gasteiger partial charge in [0.25, 0.3) is 15.6 Å². The van der Waals surface area contributed by atoms with E-state index in [-0.39, 0.29) is 27.8 Å². The summed E-state index contributed by atoms with van der Waals surface area (Å²) in [6.07, 6.45) is 0. The van der Waals surface area contributed by atoms with E-state index in [0.29, 0.717) is 5.56 Å². The summed E-state index contributed by atoms with van der Waals surface area (Å²) in [6.45, 7) is 1.57. The van der Waals surface area contributed by atoms with Crippen LogP contribution in [-0.2, 0) is 10.0 Å². The zero-order valence-corrected chi connectivity index (χ0v) is 13.2. The first-order valence-electron chi connectivity index (χ1n) is 6.80. The summed E-state index contributed by atoms with van der Waals surface area (Å²) in [5.74, 6) is -0.352. The Hall–Kier alpha value is -2.94. The highest BCUT2D eigenvalue weighted by molar-refractivity contribution is 7.92. The molecule has 124 valence electrons. The van der Waals surface area contributed by atoms with Crippen molar-refractivity contribution in [3.63, 3.8) is 0 Å². The lowest BCUT2D eigenvalue weighted by Gasteiger charge is -2.06. The monoisotopic (exact) mass is 349 g/mol. The number of aromatic nitrogens is 2. The Kier molecular flexibility index (Phi) is 3.94. The van der Waals surface area contributed by atoms with Crippen molar-refractivity contribution in [1.82, 2.24) is 10.2 Å². The van der Waals surface area contributed by atoms with Crippen LogP contribution in [0.5, 0.6) is 0 Å². The molecular weight excluding hydrogens is 337 g/mol. The van der Waals surface area contributed by atoms with Gasteiger partial charge in [-0.05, 0) is 42.8 Å². The first-order chi connectivity index (χ1) is 11.3. The summed E-state index contributed by atoms with van der Waals surface area (Å²) in [6, 6.07) is 9.29. The van der Waals surface area contributed by atoms with E-state index in [9.17, 15) is 17.6 Å². The standard InChI is InChI=1S/C15H12FN3O4S/c1-9-2-3-10(8-11(9)16)19-24(21,22)15-7-5-13(23-15)12-4-6-14(20)18-17-12/h2-8,19H,1H3,(H,18,20). The molecule has 0 saturated carbocycles. The van der Waals surface area contributed by atoms with E-state index >= 15 is 0 Å². The van der Waals surface area contributed by atoms with E-state index < -0.39 is 15.8 Å². The minimum absolute atomic E-state index is 0.0817. The lowest BCUT2D eigenvalue weighted by Crippen LogP contribution is -2.12. The van der Waals surface area contributed by atoms with Crippen molar-refractivity contribution in [2.24, 2.45) is 0 Å². The van der Waals surface area contributed by atoms with Gasteiger partial charge in [-0.2, -0.15) is 13.5 Å². The van der Waals surface area contributed by atoms with Crippen LogP contribution in [0.4, 0.5) is 10.1 Å². The Morgan fingerprint density at radius 1 is 1.17 bits per heavy atom. The van der Waals surface area contributed by atoms with Crippen LogP contribution in [0, 0.1) is 12.7 Å². The zero-order valence-electron chi connectivity index (χ0n) is 12.4. The number of rotatable bonds is 4. The van der Waals surface area contributed by atoms with E-state index in [1.54, 1.807) is 6.92 Å². The van der Waals surface area contributed by atoms with Crippen molar-refractivity contribution < 1.29 is 17.2 Å². The molecule has 0 spiro atoms. The molecule has 9 heteroatoms. The van der Waals surface area contributed by atoms with Gasteiger partial charge in [0.05, 0.1) is 5.69 Å². The number of aromatic amines is 1. The summed E-state index contributed by atoms with van der Waals surface area (Å²) < 4.78 is 45.6. The number of hydrogen-bond donors (Lipinski definition) is 2. The predicted molar refractivity (Wildman–Crippen MR) is 84.5 cm³/mol. The van der Waals surface area contributed by atoms with Gasteiger partial charge >= 0.3 is 0 Å². The van der Waals surface area contributed by atoms with Gasteiger partial charge in [-0.3, -0.25) is 9.52 Å². The van der Waals surface area contributed by atoms with Crippen LogP contribution in [0.1, 0.15) is 5.56 Å². The summed E-state index contributed by atoms with van der Waals surface area (Å²) in [7, 11) is -4.02. The molecule has 2 aromatic heterocycles. The number of hydrogen-bond acceptors (Lipinski definition) is 5. The highest BCUT2D eigenvalue weighted by Crippen LogP contribution is 2.24. The molecule has 2 N–H and O–H groups in total. The van der Waals surface area contributed by atoms with Gasteiger partial charge in [0.15, 0.2) is 5.76 Å². The first kappa shape index (κ1) is 15.9. The topological polar surface area (TPSA) is 105 Å². The minimum Gasteiger partial charge on any atom is -0.441 e. The molecule has 0 atom stereocenters. The third-order valence-corrected chi connectivity index (χ3v) is 4.46. The fourth-order valence-corrected chi connectivity index (χ4v) is 2.93. The summed E-state index contributed by atoms with van der Waals surface area (Å²) >= 11 is 0. The second-order valence-electron chi connectivity index (χ2n) is 4.99. The molecule has 0 aliphatic heterocycles. The highest BCUT2D eigenvalue weighted by atomic mass is 32.2. The molecule has 7 nitrogen and oxygen atoms in total. The normalized spacial score (nSPS) is 11.4. The lowest BCUT2D eigenvalue weighted by atomic mass is 10.2. The third-order valence-electron chi connectivity index (χ3n) is 3.20. The lowest BCUT2D eigenvalue weighted by molar-refractivity contribution is 0.461. The van der Waals surface area contributed by atoms with E-state index in [1.165, 1.54) is 36.4 Å². The molecule has 0 aliphatic carbocycles. The van der Waals surface area contributed by atoms with Crippen LogP contribution in [0.2, 0.25) is 0 Å². The maximum absolute atomic E-state index is 13.5. The molecule has 0 unspecified atom stereocenters. The van der Waals surface area contributed by atoms with E-state index in [1.807, 2.05) is 0 Å². The number of nitrogens with zero attached hydrogens (tertiary/aromatic N) is 1. The Morgan fingerprint density at radius 3 is 2.62 bits per heavy atom. The first-order valence-corrected chi connectivity index (χ1v) is 8.28. The van der Waals surface area contributed by atoms with Gasteiger partial charge in [-0.1, -0.05) is 6.07 Å². The molecule has 3 rings (SSSR count). The molecule has 3 aromatic rings. The highest BCUT2D eigenvalue weighted by Gasteiger charge is 2.20. The fraction of sp³-hybridized carbons (Fsp3) is 0.0667. The van der Waals surface area contributed by atoms with Gasteiger partial charge < -0.3 is 4.42 Å². The molecule has 2 heterocycles. The van der Waals surface area contributed by atoms with Crippen LogP contribution in [0.25, 0.3) is 11.5 Å². The maximum Gasteiger partial charge on any atom is 0.295 e. The number of sulfonamides is 1. The van der Waals surface area contributed by atoms with E-state index in [0.717, 1.165) is 6.07 Å².